The van der Waals surface area contributed by atoms with Gasteiger partial charge in [0.15, 0.2) is 5.78 Å². The standard InChI is InChI=1S/C9H12O3/c1-2-8(10)6-11-7-9-4-3-5-12-9/h3-5H,2,6-7H2,1H3. The first kappa shape index (κ1) is 9.00. The third-order valence-electron chi connectivity index (χ3n) is 1.48. The van der Waals surface area contributed by atoms with Gasteiger partial charge in [-0.3, -0.25) is 4.79 Å². The van der Waals surface area contributed by atoms with E-state index in [2.05, 4.69) is 0 Å². The van der Waals surface area contributed by atoms with Crippen LogP contribution in [0.3, 0.4) is 0 Å². The predicted molar refractivity (Wildman–Crippen MR) is 43.7 cm³/mol. The van der Waals surface area contributed by atoms with Crippen LogP contribution in [0.5, 0.6) is 0 Å². The number of rotatable bonds is 5. The van der Waals surface area contributed by atoms with Gasteiger partial charge in [0.2, 0.25) is 0 Å². The van der Waals surface area contributed by atoms with Crippen molar-refractivity contribution >= 4 is 5.78 Å². The monoisotopic (exact) mass is 168 g/mol. The first-order valence-electron chi connectivity index (χ1n) is 3.94. The Morgan fingerprint density at radius 2 is 2.50 bits per heavy atom. The zero-order valence-corrected chi connectivity index (χ0v) is 7.08. The fourth-order valence-electron chi connectivity index (χ4n) is 0.762. The van der Waals surface area contributed by atoms with E-state index in [0.29, 0.717) is 13.0 Å². The lowest BCUT2D eigenvalue weighted by molar-refractivity contribution is -0.123. The molecule has 0 N–H and O–H groups in total. The van der Waals surface area contributed by atoms with Gasteiger partial charge in [0.05, 0.1) is 6.26 Å². The van der Waals surface area contributed by atoms with Crippen molar-refractivity contribution in [3.63, 3.8) is 0 Å². The van der Waals surface area contributed by atoms with E-state index in [1.807, 2.05) is 13.0 Å². The Morgan fingerprint density at radius 1 is 1.67 bits per heavy atom. The summed E-state index contributed by atoms with van der Waals surface area (Å²) < 4.78 is 10.1. The van der Waals surface area contributed by atoms with Crippen LogP contribution < -0.4 is 0 Å². The first-order valence-corrected chi connectivity index (χ1v) is 3.94. The molecular formula is C9H12O3. The number of carbonyl (C=O) groups excluding carboxylic acids is 1. The number of Topliss-reactive ketones (excluding diaryl/α,β-unsaturated/α-hetero) is 1. The van der Waals surface area contributed by atoms with Crippen molar-refractivity contribution in [2.24, 2.45) is 0 Å². The van der Waals surface area contributed by atoms with Crippen LogP contribution in [0.4, 0.5) is 0 Å². The van der Waals surface area contributed by atoms with E-state index in [4.69, 9.17) is 9.15 Å². The maximum Gasteiger partial charge on any atom is 0.158 e. The molecule has 1 aromatic rings. The summed E-state index contributed by atoms with van der Waals surface area (Å²) in [6.07, 6.45) is 2.11. The highest BCUT2D eigenvalue weighted by Gasteiger charge is 1.99. The molecule has 3 nitrogen and oxygen atoms in total. The average molecular weight is 168 g/mol. The molecule has 0 unspecified atom stereocenters. The number of furan rings is 1. The van der Waals surface area contributed by atoms with Gasteiger partial charge in [0.25, 0.3) is 0 Å². The van der Waals surface area contributed by atoms with Gasteiger partial charge in [-0.25, -0.2) is 0 Å². The second-order valence-corrected chi connectivity index (χ2v) is 2.46. The van der Waals surface area contributed by atoms with Crippen molar-refractivity contribution in [3.8, 4) is 0 Å². The maximum atomic E-state index is 10.8. The SMILES string of the molecule is CCC(=O)COCc1ccco1. The molecule has 0 saturated carbocycles. The topological polar surface area (TPSA) is 39.4 Å². The predicted octanol–water partition coefficient (Wildman–Crippen LogP) is 1.78. The lowest BCUT2D eigenvalue weighted by atomic mass is 10.3. The lowest BCUT2D eigenvalue weighted by Crippen LogP contribution is -2.06. The van der Waals surface area contributed by atoms with E-state index in [0.717, 1.165) is 5.76 Å². The smallest absolute Gasteiger partial charge is 0.158 e. The van der Waals surface area contributed by atoms with Gasteiger partial charge in [-0.05, 0) is 12.1 Å². The molecule has 3 heteroatoms. The molecule has 0 aliphatic rings. The quantitative estimate of drug-likeness (QED) is 0.672. The molecular weight excluding hydrogens is 156 g/mol. The van der Waals surface area contributed by atoms with Crippen LogP contribution in [0.1, 0.15) is 19.1 Å². The lowest BCUT2D eigenvalue weighted by Gasteiger charge is -1.98. The Bertz CT molecular complexity index is 226. The van der Waals surface area contributed by atoms with Crippen molar-refractivity contribution < 1.29 is 13.9 Å². The molecule has 0 aliphatic heterocycles. The third-order valence-corrected chi connectivity index (χ3v) is 1.48. The normalized spacial score (nSPS) is 10.1. The summed E-state index contributed by atoms with van der Waals surface area (Å²) in [4.78, 5) is 10.8. The Hall–Kier alpha value is -1.09. The molecule has 0 fully saturated rings. The molecule has 12 heavy (non-hydrogen) atoms. The van der Waals surface area contributed by atoms with Crippen molar-refractivity contribution in [1.82, 2.24) is 0 Å². The minimum absolute atomic E-state index is 0.113. The van der Waals surface area contributed by atoms with Crippen LogP contribution in [0.15, 0.2) is 22.8 Å². The summed E-state index contributed by atoms with van der Waals surface area (Å²) >= 11 is 0. The largest absolute Gasteiger partial charge is 0.467 e. The van der Waals surface area contributed by atoms with E-state index >= 15 is 0 Å². The summed E-state index contributed by atoms with van der Waals surface area (Å²) in [7, 11) is 0. The van der Waals surface area contributed by atoms with Gasteiger partial charge in [-0.15, -0.1) is 0 Å². The summed E-state index contributed by atoms with van der Waals surface area (Å²) in [5.74, 6) is 0.862. The molecule has 0 radical (unpaired) electrons. The van der Waals surface area contributed by atoms with Gasteiger partial charge in [-0.1, -0.05) is 6.92 Å². The van der Waals surface area contributed by atoms with Gasteiger partial charge in [-0.2, -0.15) is 0 Å². The van der Waals surface area contributed by atoms with Crippen LogP contribution in [0.25, 0.3) is 0 Å². The van der Waals surface area contributed by atoms with Gasteiger partial charge in [0.1, 0.15) is 19.0 Å². The number of carbonyl (C=O) groups is 1. The van der Waals surface area contributed by atoms with Crippen LogP contribution in [-0.4, -0.2) is 12.4 Å². The molecule has 1 heterocycles. The summed E-state index contributed by atoms with van der Waals surface area (Å²) in [6.45, 7) is 2.37. The fraction of sp³-hybridized carbons (Fsp3) is 0.444. The summed E-state index contributed by atoms with van der Waals surface area (Å²) in [5, 5.41) is 0. The van der Waals surface area contributed by atoms with Crippen LogP contribution >= 0.6 is 0 Å². The van der Waals surface area contributed by atoms with E-state index in [1.165, 1.54) is 0 Å². The molecule has 0 bridgehead atoms. The minimum atomic E-state index is 0.113. The molecule has 1 aromatic heterocycles. The van der Waals surface area contributed by atoms with Crippen molar-refractivity contribution in [1.29, 1.82) is 0 Å². The average Bonchev–Trinajstić information content (AvgIpc) is 2.57. The van der Waals surface area contributed by atoms with Gasteiger partial charge < -0.3 is 9.15 Å². The summed E-state index contributed by atoms with van der Waals surface area (Å²) in [5.41, 5.74) is 0. The third kappa shape index (κ3) is 2.88. The van der Waals surface area contributed by atoms with Gasteiger partial charge in [0, 0.05) is 6.42 Å². The van der Waals surface area contributed by atoms with Crippen LogP contribution in [0, 0.1) is 0 Å². The van der Waals surface area contributed by atoms with Crippen molar-refractivity contribution in [3.05, 3.63) is 24.2 Å². The Morgan fingerprint density at radius 3 is 3.08 bits per heavy atom. The molecule has 0 atom stereocenters. The number of ether oxygens (including phenoxy) is 1. The van der Waals surface area contributed by atoms with E-state index in [9.17, 15) is 4.79 Å². The molecule has 0 amide bonds. The number of hydrogen-bond acceptors (Lipinski definition) is 3. The van der Waals surface area contributed by atoms with Crippen molar-refractivity contribution in [2.45, 2.75) is 20.0 Å². The molecule has 0 saturated heterocycles. The zero-order chi connectivity index (χ0) is 8.81. The summed E-state index contributed by atoms with van der Waals surface area (Å²) in [6, 6.07) is 3.61. The molecule has 0 spiro atoms. The van der Waals surface area contributed by atoms with Crippen LogP contribution in [0.2, 0.25) is 0 Å². The Labute approximate surface area is 71.3 Å². The minimum Gasteiger partial charge on any atom is -0.467 e. The Balaban J connectivity index is 2.15. The van der Waals surface area contributed by atoms with Crippen molar-refractivity contribution in [2.75, 3.05) is 6.61 Å². The Kier molecular flexibility index (Phi) is 3.54. The first-order chi connectivity index (χ1) is 5.83. The number of hydrogen-bond donors (Lipinski definition) is 0. The van der Waals surface area contributed by atoms with E-state index < -0.39 is 0 Å². The molecule has 0 aliphatic carbocycles. The highest BCUT2D eigenvalue weighted by atomic mass is 16.5. The van der Waals surface area contributed by atoms with Gasteiger partial charge >= 0.3 is 0 Å². The number of ketones is 1. The van der Waals surface area contributed by atoms with Crippen LogP contribution in [-0.2, 0) is 16.1 Å². The fourth-order valence-corrected chi connectivity index (χ4v) is 0.762. The zero-order valence-electron chi connectivity index (χ0n) is 7.08. The van der Waals surface area contributed by atoms with E-state index in [1.54, 1.807) is 12.3 Å². The molecule has 66 valence electrons. The highest BCUT2D eigenvalue weighted by Crippen LogP contribution is 2.01. The van der Waals surface area contributed by atoms with E-state index in [-0.39, 0.29) is 12.4 Å². The second-order valence-electron chi connectivity index (χ2n) is 2.46. The highest BCUT2D eigenvalue weighted by molar-refractivity contribution is 5.79. The second kappa shape index (κ2) is 4.72. The molecule has 1 rings (SSSR count). The molecule has 0 aromatic carbocycles. The maximum absolute atomic E-state index is 10.8.